The van der Waals surface area contributed by atoms with Crippen LogP contribution in [0.1, 0.15) is 78.1 Å². The van der Waals surface area contributed by atoms with Crippen LogP contribution in [0.5, 0.6) is 0 Å². The molecule has 0 aromatic carbocycles. The first-order valence-corrected chi connectivity index (χ1v) is 10.4. The standard InChI is InChI=1S/C19H35BrO3/c1-3-5-7-8-9-12-16-22-18(14-6-4-2)19(21)23-17-13-10-11-15-20/h5,7,18H,3-4,6,8-17H2,1-2H3/b7-5-. The Kier molecular flexibility index (Phi) is 17.7. The van der Waals surface area contributed by atoms with Gasteiger partial charge in [0.05, 0.1) is 6.61 Å². The third kappa shape index (κ3) is 14.9. The predicted octanol–water partition coefficient (Wildman–Crippen LogP) is 5.81. The van der Waals surface area contributed by atoms with Crippen molar-refractivity contribution in [2.45, 2.75) is 84.2 Å². The first kappa shape index (κ1) is 22.6. The molecular formula is C19H35BrO3. The summed E-state index contributed by atoms with van der Waals surface area (Å²) in [5.74, 6) is -0.178. The fourth-order valence-electron chi connectivity index (χ4n) is 2.17. The molecule has 0 aliphatic rings. The molecule has 1 unspecified atom stereocenters. The fraction of sp³-hybridized carbons (Fsp3) is 0.842. The fourth-order valence-corrected chi connectivity index (χ4v) is 2.57. The Balaban J connectivity index is 3.89. The maximum Gasteiger partial charge on any atom is 0.335 e. The largest absolute Gasteiger partial charge is 0.464 e. The Morgan fingerprint density at radius 1 is 1.00 bits per heavy atom. The van der Waals surface area contributed by atoms with Crippen LogP contribution in [0.15, 0.2) is 12.2 Å². The van der Waals surface area contributed by atoms with Crippen molar-refractivity contribution in [3.05, 3.63) is 12.2 Å². The molecule has 4 heteroatoms. The molecule has 0 aliphatic heterocycles. The minimum atomic E-state index is -0.377. The molecule has 0 saturated carbocycles. The summed E-state index contributed by atoms with van der Waals surface area (Å²) in [6.45, 7) is 5.43. The van der Waals surface area contributed by atoms with Crippen LogP contribution in [0.2, 0.25) is 0 Å². The van der Waals surface area contributed by atoms with E-state index in [1.807, 2.05) is 0 Å². The van der Waals surface area contributed by atoms with Gasteiger partial charge in [-0.15, -0.1) is 0 Å². The predicted molar refractivity (Wildman–Crippen MR) is 101 cm³/mol. The summed E-state index contributed by atoms with van der Waals surface area (Å²) in [7, 11) is 0. The lowest BCUT2D eigenvalue weighted by Gasteiger charge is -2.16. The molecule has 0 aromatic heterocycles. The monoisotopic (exact) mass is 390 g/mol. The molecule has 23 heavy (non-hydrogen) atoms. The zero-order chi connectivity index (χ0) is 17.2. The maximum absolute atomic E-state index is 12.1. The van der Waals surface area contributed by atoms with E-state index in [4.69, 9.17) is 9.47 Å². The van der Waals surface area contributed by atoms with Gasteiger partial charge in [-0.25, -0.2) is 4.79 Å². The van der Waals surface area contributed by atoms with E-state index in [1.54, 1.807) is 0 Å². The van der Waals surface area contributed by atoms with E-state index in [0.717, 1.165) is 69.5 Å². The van der Waals surface area contributed by atoms with Gasteiger partial charge in [0.25, 0.3) is 0 Å². The van der Waals surface area contributed by atoms with Crippen LogP contribution in [-0.2, 0) is 14.3 Å². The van der Waals surface area contributed by atoms with Gasteiger partial charge < -0.3 is 9.47 Å². The quantitative estimate of drug-likeness (QED) is 0.144. The summed E-state index contributed by atoms with van der Waals surface area (Å²) in [6, 6.07) is 0. The molecule has 0 amide bonds. The Hall–Kier alpha value is -0.350. The first-order valence-electron chi connectivity index (χ1n) is 9.25. The molecule has 136 valence electrons. The van der Waals surface area contributed by atoms with Crippen molar-refractivity contribution in [3.8, 4) is 0 Å². The van der Waals surface area contributed by atoms with Crippen LogP contribution < -0.4 is 0 Å². The van der Waals surface area contributed by atoms with Gasteiger partial charge in [-0.2, -0.15) is 0 Å². The number of carbonyl (C=O) groups is 1. The minimum absolute atomic E-state index is 0.178. The molecule has 0 heterocycles. The van der Waals surface area contributed by atoms with Crippen LogP contribution in [0.25, 0.3) is 0 Å². The van der Waals surface area contributed by atoms with E-state index in [0.29, 0.717) is 13.2 Å². The Morgan fingerprint density at radius 3 is 2.48 bits per heavy atom. The number of ether oxygens (including phenoxy) is 2. The van der Waals surface area contributed by atoms with Crippen LogP contribution >= 0.6 is 15.9 Å². The summed E-state index contributed by atoms with van der Waals surface area (Å²) in [5.41, 5.74) is 0. The topological polar surface area (TPSA) is 35.5 Å². The molecule has 0 N–H and O–H groups in total. The minimum Gasteiger partial charge on any atom is -0.464 e. The second kappa shape index (κ2) is 18.0. The number of carbonyl (C=O) groups excluding carboxylic acids is 1. The highest BCUT2D eigenvalue weighted by Gasteiger charge is 2.19. The van der Waals surface area contributed by atoms with Gasteiger partial charge in [0.1, 0.15) is 0 Å². The van der Waals surface area contributed by atoms with Gasteiger partial charge in [-0.1, -0.05) is 54.8 Å². The smallest absolute Gasteiger partial charge is 0.335 e. The molecule has 0 aliphatic carbocycles. The van der Waals surface area contributed by atoms with Crippen LogP contribution in [0, 0.1) is 0 Å². The second-order valence-electron chi connectivity index (χ2n) is 5.79. The summed E-state index contributed by atoms with van der Waals surface area (Å²) in [4.78, 5) is 12.1. The van der Waals surface area contributed by atoms with E-state index in [1.165, 1.54) is 0 Å². The Labute approximate surface area is 151 Å². The van der Waals surface area contributed by atoms with E-state index in [-0.39, 0.29) is 12.1 Å². The molecule has 0 bridgehead atoms. The number of rotatable bonds is 16. The van der Waals surface area contributed by atoms with Crippen molar-refractivity contribution in [2.24, 2.45) is 0 Å². The average Bonchev–Trinajstić information content (AvgIpc) is 2.56. The van der Waals surface area contributed by atoms with Gasteiger partial charge in [-0.05, 0) is 51.4 Å². The number of alkyl halides is 1. The molecule has 0 radical (unpaired) electrons. The molecule has 1 atom stereocenters. The normalized spacial score (nSPS) is 12.7. The van der Waals surface area contributed by atoms with Crippen molar-refractivity contribution in [3.63, 3.8) is 0 Å². The Bertz CT molecular complexity index is 292. The number of hydrogen-bond donors (Lipinski definition) is 0. The van der Waals surface area contributed by atoms with Crippen LogP contribution in [-0.4, -0.2) is 30.6 Å². The number of unbranched alkanes of at least 4 members (excludes halogenated alkanes) is 5. The van der Waals surface area contributed by atoms with Crippen molar-refractivity contribution >= 4 is 21.9 Å². The highest BCUT2D eigenvalue weighted by atomic mass is 79.9. The third-order valence-electron chi connectivity index (χ3n) is 3.59. The number of halogens is 1. The summed E-state index contributed by atoms with van der Waals surface area (Å²) >= 11 is 3.41. The molecule has 0 fully saturated rings. The van der Waals surface area contributed by atoms with Crippen molar-refractivity contribution in [2.75, 3.05) is 18.5 Å². The lowest BCUT2D eigenvalue weighted by Crippen LogP contribution is -2.27. The van der Waals surface area contributed by atoms with E-state index in [9.17, 15) is 4.79 Å². The molecule has 3 nitrogen and oxygen atoms in total. The summed E-state index contributed by atoms with van der Waals surface area (Å²) < 4.78 is 11.2. The number of esters is 1. The van der Waals surface area contributed by atoms with Crippen LogP contribution in [0.4, 0.5) is 0 Å². The van der Waals surface area contributed by atoms with Crippen molar-refractivity contribution in [1.82, 2.24) is 0 Å². The first-order chi connectivity index (χ1) is 11.3. The lowest BCUT2D eigenvalue weighted by atomic mass is 10.1. The van der Waals surface area contributed by atoms with Gasteiger partial charge in [0.15, 0.2) is 6.10 Å². The molecule has 0 aromatic rings. The lowest BCUT2D eigenvalue weighted by molar-refractivity contribution is -0.158. The van der Waals surface area contributed by atoms with E-state index < -0.39 is 0 Å². The van der Waals surface area contributed by atoms with Crippen molar-refractivity contribution < 1.29 is 14.3 Å². The second-order valence-corrected chi connectivity index (χ2v) is 6.59. The molecular weight excluding hydrogens is 356 g/mol. The third-order valence-corrected chi connectivity index (χ3v) is 4.15. The Morgan fingerprint density at radius 2 is 1.78 bits per heavy atom. The zero-order valence-corrected chi connectivity index (χ0v) is 16.6. The van der Waals surface area contributed by atoms with E-state index >= 15 is 0 Å². The van der Waals surface area contributed by atoms with E-state index in [2.05, 4.69) is 41.9 Å². The summed E-state index contributed by atoms with van der Waals surface area (Å²) in [5, 5.41) is 1.01. The molecule has 0 spiro atoms. The average molecular weight is 391 g/mol. The zero-order valence-electron chi connectivity index (χ0n) is 15.0. The van der Waals surface area contributed by atoms with Gasteiger partial charge in [0, 0.05) is 11.9 Å². The number of hydrogen-bond acceptors (Lipinski definition) is 3. The molecule has 0 saturated heterocycles. The highest BCUT2D eigenvalue weighted by molar-refractivity contribution is 9.09. The molecule has 0 rings (SSSR count). The van der Waals surface area contributed by atoms with Crippen LogP contribution in [0.3, 0.4) is 0 Å². The van der Waals surface area contributed by atoms with Crippen molar-refractivity contribution in [1.29, 1.82) is 0 Å². The SMILES string of the molecule is CC/C=C\CCCCOC(CCCC)C(=O)OCCCCCBr. The summed E-state index contributed by atoms with van der Waals surface area (Å²) in [6.07, 6.45) is 14.3. The van der Waals surface area contributed by atoms with Gasteiger partial charge in [0.2, 0.25) is 0 Å². The van der Waals surface area contributed by atoms with Gasteiger partial charge in [-0.3, -0.25) is 0 Å². The highest BCUT2D eigenvalue weighted by Crippen LogP contribution is 2.10. The number of allylic oxidation sites excluding steroid dienone is 2. The van der Waals surface area contributed by atoms with Gasteiger partial charge >= 0.3 is 5.97 Å². The maximum atomic E-state index is 12.1.